The monoisotopic (exact) mass is 313 g/mol. The Hall–Kier alpha value is -2.32. The summed E-state index contributed by atoms with van der Waals surface area (Å²) >= 11 is 0. The van der Waals surface area contributed by atoms with Crippen LogP contribution in [-0.2, 0) is 16.1 Å². The van der Waals surface area contributed by atoms with E-state index in [4.69, 9.17) is 4.74 Å². The van der Waals surface area contributed by atoms with Crippen molar-refractivity contribution in [3.05, 3.63) is 47.7 Å². The number of hydrogen-bond donors (Lipinski definition) is 0. The highest BCUT2D eigenvalue weighted by molar-refractivity contribution is 5.97. The average Bonchev–Trinajstić information content (AvgIpc) is 2.58. The van der Waals surface area contributed by atoms with Crippen LogP contribution in [-0.4, -0.2) is 48.1 Å². The molecule has 1 saturated heterocycles. The van der Waals surface area contributed by atoms with Crippen LogP contribution in [0.5, 0.6) is 0 Å². The molecular weight excluding hydrogens is 290 g/mol. The Balaban J connectivity index is 2.15. The van der Waals surface area contributed by atoms with Gasteiger partial charge in [0.2, 0.25) is 0 Å². The maximum absolute atomic E-state index is 12.8. The predicted octanol–water partition coefficient (Wildman–Crippen LogP) is 2.16. The minimum Gasteiger partial charge on any atom is -0.378 e. The van der Waals surface area contributed by atoms with Crippen LogP contribution in [0.3, 0.4) is 0 Å². The molecule has 0 unspecified atom stereocenters. The van der Waals surface area contributed by atoms with Gasteiger partial charge in [-0.3, -0.25) is 4.79 Å². The van der Waals surface area contributed by atoms with Crippen LogP contribution in [0.15, 0.2) is 42.1 Å². The lowest BCUT2D eigenvalue weighted by molar-refractivity contribution is -0.129. The number of ether oxygens (including phenoxy) is 1. The van der Waals surface area contributed by atoms with E-state index in [1.807, 2.05) is 49.1 Å². The summed E-state index contributed by atoms with van der Waals surface area (Å²) in [7, 11) is 0. The van der Waals surface area contributed by atoms with Gasteiger partial charge in [-0.25, -0.2) is 0 Å². The Morgan fingerprint density at radius 2 is 2.00 bits per heavy atom. The van der Waals surface area contributed by atoms with E-state index in [0.29, 0.717) is 32.8 Å². The van der Waals surface area contributed by atoms with E-state index < -0.39 is 0 Å². The molecule has 5 heteroatoms. The second-order valence-corrected chi connectivity index (χ2v) is 5.82. The van der Waals surface area contributed by atoms with Crippen molar-refractivity contribution in [2.24, 2.45) is 0 Å². The maximum atomic E-state index is 12.8. The van der Waals surface area contributed by atoms with E-state index in [0.717, 1.165) is 5.56 Å². The molecule has 1 aliphatic rings. The summed E-state index contributed by atoms with van der Waals surface area (Å²) in [4.78, 5) is 16.5. The molecule has 23 heavy (non-hydrogen) atoms. The molecule has 5 nitrogen and oxygen atoms in total. The van der Waals surface area contributed by atoms with E-state index in [1.54, 1.807) is 11.1 Å². The molecule has 1 aliphatic heterocycles. The lowest BCUT2D eigenvalue weighted by atomic mass is 10.1. The fraction of sp³-hybridized carbons (Fsp3) is 0.444. The molecule has 122 valence electrons. The maximum Gasteiger partial charge on any atom is 0.266 e. The molecule has 2 rings (SSSR count). The van der Waals surface area contributed by atoms with Gasteiger partial charge in [0.15, 0.2) is 0 Å². The van der Waals surface area contributed by atoms with Gasteiger partial charge in [-0.15, -0.1) is 0 Å². The normalized spacial score (nSPS) is 15.4. The van der Waals surface area contributed by atoms with Crippen molar-refractivity contribution < 1.29 is 9.53 Å². The minimum absolute atomic E-state index is 0.0177. The van der Waals surface area contributed by atoms with Crippen LogP contribution in [0.4, 0.5) is 0 Å². The number of hydrogen-bond acceptors (Lipinski definition) is 4. The third-order valence-corrected chi connectivity index (χ3v) is 3.79. The summed E-state index contributed by atoms with van der Waals surface area (Å²) in [6.07, 6.45) is 1.67. The van der Waals surface area contributed by atoms with Crippen LogP contribution in [0.1, 0.15) is 19.4 Å². The number of carbonyl (C=O) groups excluding carboxylic acids is 1. The lowest BCUT2D eigenvalue weighted by Crippen LogP contribution is -2.38. The number of carbonyl (C=O) groups is 1. The highest BCUT2D eigenvalue weighted by atomic mass is 16.5. The smallest absolute Gasteiger partial charge is 0.266 e. The molecule has 1 amide bonds. The first kappa shape index (κ1) is 17.0. The summed E-state index contributed by atoms with van der Waals surface area (Å²) in [5, 5.41) is 9.40. The van der Waals surface area contributed by atoms with Crippen molar-refractivity contribution in [3.63, 3.8) is 0 Å². The molecule has 0 aliphatic carbocycles. The Morgan fingerprint density at radius 3 is 2.57 bits per heavy atom. The molecular formula is C18H23N3O2. The van der Waals surface area contributed by atoms with Crippen LogP contribution in [0, 0.1) is 11.3 Å². The lowest BCUT2D eigenvalue weighted by Gasteiger charge is -2.29. The van der Waals surface area contributed by atoms with Gasteiger partial charge in [0.1, 0.15) is 11.6 Å². The van der Waals surface area contributed by atoms with Gasteiger partial charge in [0.25, 0.3) is 5.91 Å². The number of amides is 1. The highest BCUT2D eigenvalue weighted by Crippen LogP contribution is 2.13. The summed E-state index contributed by atoms with van der Waals surface area (Å²) < 4.78 is 5.29. The van der Waals surface area contributed by atoms with Crippen LogP contribution >= 0.6 is 0 Å². The molecule has 0 saturated carbocycles. The molecule has 0 aromatic heterocycles. The first-order valence-corrected chi connectivity index (χ1v) is 7.90. The average molecular weight is 313 g/mol. The van der Waals surface area contributed by atoms with Gasteiger partial charge in [-0.2, -0.15) is 5.26 Å². The van der Waals surface area contributed by atoms with Crippen molar-refractivity contribution in [1.82, 2.24) is 9.80 Å². The second kappa shape index (κ2) is 8.35. The number of morpholine rings is 1. The van der Waals surface area contributed by atoms with E-state index in [9.17, 15) is 10.1 Å². The van der Waals surface area contributed by atoms with E-state index in [1.165, 1.54) is 0 Å². The van der Waals surface area contributed by atoms with Crippen LogP contribution < -0.4 is 0 Å². The summed E-state index contributed by atoms with van der Waals surface area (Å²) in [6.45, 7) is 7.09. The number of rotatable bonds is 5. The fourth-order valence-electron chi connectivity index (χ4n) is 2.44. The van der Waals surface area contributed by atoms with E-state index in [-0.39, 0.29) is 17.5 Å². The van der Waals surface area contributed by atoms with Gasteiger partial charge in [0, 0.05) is 31.9 Å². The molecule has 1 aromatic carbocycles. The second-order valence-electron chi connectivity index (χ2n) is 5.82. The molecule has 0 bridgehead atoms. The van der Waals surface area contributed by atoms with Crippen molar-refractivity contribution in [2.75, 3.05) is 26.3 Å². The summed E-state index contributed by atoms with van der Waals surface area (Å²) in [5.74, 6) is -0.224. The molecule has 0 radical (unpaired) electrons. The Labute approximate surface area is 137 Å². The SMILES string of the molecule is CC(C)N(Cc1ccccc1)C(=O)/C(C#N)=C\N1CCOCC1. The molecule has 0 N–H and O–H groups in total. The van der Waals surface area contributed by atoms with Gasteiger partial charge in [-0.1, -0.05) is 30.3 Å². The zero-order chi connectivity index (χ0) is 16.7. The number of nitrogens with zero attached hydrogens (tertiary/aromatic N) is 3. The Morgan fingerprint density at radius 1 is 1.35 bits per heavy atom. The largest absolute Gasteiger partial charge is 0.378 e. The highest BCUT2D eigenvalue weighted by Gasteiger charge is 2.22. The van der Waals surface area contributed by atoms with E-state index >= 15 is 0 Å². The van der Waals surface area contributed by atoms with Crippen molar-refractivity contribution in [2.45, 2.75) is 26.4 Å². The Kier molecular flexibility index (Phi) is 6.19. The predicted molar refractivity (Wildman–Crippen MR) is 88.2 cm³/mol. The number of benzene rings is 1. The van der Waals surface area contributed by atoms with Gasteiger partial charge < -0.3 is 14.5 Å². The van der Waals surface area contributed by atoms with Crippen molar-refractivity contribution in [1.29, 1.82) is 5.26 Å². The van der Waals surface area contributed by atoms with E-state index in [2.05, 4.69) is 6.07 Å². The summed E-state index contributed by atoms with van der Waals surface area (Å²) in [6, 6.07) is 11.9. The third-order valence-electron chi connectivity index (χ3n) is 3.79. The molecule has 0 spiro atoms. The van der Waals surface area contributed by atoms with Gasteiger partial charge in [0.05, 0.1) is 13.2 Å². The first-order chi connectivity index (χ1) is 11.1. The zero-order valence-corrected chi connectivity index (χ0v) is 13.7. The summed E-state index contributed by atoms with van der Waals surface area (Å²) in [5.41, 5.74) is 1.23. The molecule has 1 fully saturated rings. The number of nitriles is 1. The first-order valence-electron chi connectivity index (χ1n) is 7.90. The van der Waals surface area contributed by atoms with Crippen LogP contribution in [0.25, 0.3) is 0 Å². The Bertz CT molecular complexity index is 584. The fourth-order valence-corrected chi connectivity index (χ4v) is 2.44. The molecule has 0 atom stereocenters. The molecule has 1 aromatic rings. The van der Waals surface area contributed by atoms with Gasteiger partial charge in [-0.05, 0) is 19.4 Å². The third kappa shape index (κ3) is 4.83. The zero-order valence-electron chi connectivity index (χ0n) is 13.7. The minimum atomic E-state index is -0.224. The van der Waals surface area contributed by atoms with Crippen molar-refractivity contribution >= 4 is 5.91 Å². The quantitative estimate of drug-likeness (QED) is 0.617. The molecule has 1 heterocycles. The van der Waals surface area contributed by atoms with Crippen molar-refractivity contribution in [3.8, 4) is 6.07 Å². The van der Waals surface area contributed by atoms with Gasteiger partial charge >= 0.3 is 0 Å². The topological polar surface area (TPSA) is 56.6 Å². The standard InChI is InChI=1S/C18H23N3O2/c1-15(2)21(13-16-6-4-3-5-7-16)18(22)17(12-19)14-20-8-10-23-11-9-20/h3-7,14-15H,8-11,13H2,1-2H3/b17-14-. The van der Waals surface area contributed by atoms with Crippen LogP contribution in [0.2, 0.25) is 0 Å².